The number of hydrogen-bond donors (Lipinski definition) is 1. The summed E-state index contributed by atoms with van der Waals surface area (Å²) in [5.74, 6) is 0.389. The molecule has 16 heavy (non-hydrogen) atoms. The standard InChI is InChI=1S/C12H19ClN2O/c1-8(2)12(16-3)11(14)6-9-4-5-15-7-10(9)13/h4-5,7-8,11-12H,6,14H2,1-3H3. The average Bonchev–Trinajstić information content (AvgIpc) is 2.22. The average molecular weight is 243 g/mol. The van der Waals surface area contributed by atoms with E-state index < -0.39 is 0 Å². The van der Waals surface area contributed by atoms with Crippen LogP contribution in [0.15, 0.2) is 18.5 Å². The number of methoxy groups -OCH3 is 1. The molecule has 2 unspecified atom stereocenters. The first kappa shape index (κ1) is 13.4. The Balaban J connectivity index is 2.70. The summed E-state index contributed by atoms with van der Waals surface area (Å²) >= 11 is 6.04. The lowest BCUT2D eigenvalue weighted by atomic mass is 9.95. The first-order valence-electron chi connectivity index (χ1n) is 5.43. The summed E-state index contributed by atoms with van der Waals surface area (Å²) in [6, 6.07) is 1.85. The predicted octanol–water partition coefficient (Wildman–Crippen LogP) is 2.28. The Bertz CT molecular complexity index is 331. The maximum atomic E-state index is 6.13. The van der Waals surface area contributed by atoms with Gasteiger partial charge in [0, 0.05) is 25.5 Å². The van der Waals surface area contributed by atoms with Crippen LogP contribution in [0.2, 0.25) is 5.02 Å². The highest BCUT2D eigenvalue weighted by Gasteiger charge is 2.21. The molecule has 0 fully saturated rings. The first-order valence-corrected chi connectivity index (χ1v) is 5.80. The summed E-state index contributed by atoms with van der Waals surface area (Å²) in [4.78, 5) is 3.95. The third kappa shape index (κ3) is 3.44. The minimum atomic E-state index is -0.0510. The lowest BCUT2D eigenvalue weighted by molar-refractivity contribution is 0.0441. The molecule has 0 saturated carbocycles. The molecule has 1 heterocycles. The fourth-order valence-electron chi connectivity index (χ4n) is 1.88. The van der Waals surface area contributed by atoms with Crippen molar-refractivity contribution in [3.8, 4) is 0 Å². The van der Waals surface area contributed by atoms with E-state index in [1.807, 2.05) is 6.07 Å². The number of aromatic nitrogens is 1. The summed E-state index contributed by atoms with van der Waals surface area (Å²) < 4.78 is 5.40. The molecular formula is C12H19ClN2O. The number of nitrogens with zero attached hydrogens (tertiary/aromatic N) is 1. The normalized spacial score (nSPS) is 15.1. The van der Waals surface area contributed by atoms with Crippen LogP contribution in [-0.2, 0) is 11.2 Å². The van der Waals surface area contributed by atoms with Crippen LogP contribution in [0.1, 0.15) is 19.4 Å². The van der Waals surface area contributed by atoms with E-state index in [0.717, 1.165) is 5.56 Å². The van der Waals surface area contributed by atoms with Crippen LogP contribution in [0, 0.1) is 5.92 Å². The second-order valence-corrected chi connectivity index (χ2v) is 4.69. The monoisotopic (exact) mass is 242 g/mol. The minimum Gasteiger partial charge on any atom is -0.380 e. The van der Waals surface area contributed by atoms with Gasteiger partial charge in [0.1, 0.15) is 0 Å². The lowest BCUT2D eigenvalue weighted by Crippen LogP contribution is -2.41. The number of hydrogen-bond acceptors (Lipinski definition) is 3. The van der Waals surface area contributed by atoms with Gasteiger partial charge in [-0.2, -0.15) is 0 Å². The van der Waals surface area contributed by atoms with Crippen LogP contribution >= 0.6 is 11.6 Å². The van der Waals surface area contributed by atoms with E-state index in [4.69, 9.17) is 22.1 Å². The van der Waals surface area contributed by atoms with Crippen molar-refractivity contribution in [3.05, 3.63) is 29.0 Å². The van der Waals surface area contributed by atoms with E-state index in [-0.39, 0.29) is 12.1 Å². The molecule has 0 saturated heterocycles. The van der Waals surface area contributed by atoms with Crippen LogP contribution < -0.4 is 5.73 Å². The molecule has 0 spiro atoms. The van der Waals surface area contributed by atoms with Gasteiger partial charge in [0.15, 0.2) is 0 Å². The molecule has 2 atom stereocenters. The van der Waals surface area contributed by atoms with Crippen molar-refractivity contribution in [3.63, 3.8) is 0 Å². The molecule has 0 aromatic carbocycles. The largest absolute Gasteiger partial charge is 0.380 e. The number of ether oxygens (including phenoxy) is 1. The zero-order valence-corrected chi connectivity index (χ0v) is 10.7. The Kier molecular flexibility index (Phi) is 5.19. The molecule has 0 bridgehead atoms. The van der Waals surface area contributed by atoms with Crippen LogP contribution in [0.3, 0.4) is 0 Å². The van der Waals surface area contributed by atoms with Crippen LogP contribution in [0.25, 0.3) is 0 Å². The SMILES string of the molecule is COC(C(C)C)C(N)Cc1ccncc1Cl. The summed E-state index contributed by atoms with van der Waals surface area (Å²) in [5.41, 5.74) is 7.15. The van der Waals surface area contributed by atoms with E-state index in [2.05, 4.69) is 18.8 Å². The van der Waals surface area contributed by atoms with Gasteiger partial charge in [0.05, 0.1) is 11.1 Å². The molecule has 0 radical (unpaired) electrons. The van der Waals surface area contributed by atoms with Gasteiger partial charge in [-0.15, -0.1) is 0 Å². The number of nitrogens with two attached hydrogens (primary N) is 1. The Hall–Kier alpha value is -0.640. The fourth-order valence-corrected chi connectivity index (χ4v) is 2.08. The maximum Gasteiger partial charge on any atom is 0.0748 e. The van der Waals surface area contributed by atoms with Gasteiger partial charge < -0.3 is 10.5 Å². The minimum absolute atomic E-state index is 0.0456. The first-order chi connectivity index (χ1) is 7.56. The molecule has 1 rings (SSSR count). The van der Waals surface area contributed by atoms with Gasteiger partial charge in [-0.3, -0.25) is 4.98 Å². The van der Waals surface area contributed by atoms with Crippen LogP contribution in [0.4, 0.5) is 0 Å². The molecule has 2 N–H and O–H groups in total. The van der Waals surface area contributed by atoms with E-state index in [1.165, 1.54) is 0 Å². The summed E-state index contributed by atoms with van der Waals surface area (Å²) in [5, 5.41) is 0.663. The van der Waals surface area contributed by atoms with Crippen molar-refractivity contribution < 1.29 is 4.74 Å². The van der Waals surface area contributed by atoms with Crippen LogP contribution in [0.5, 0.6) is 0 Å². The Morgan fingerprint density at radius 3 is 2.69 bits per heavy atom. The van der Waals surface area contributed by atoms with Gasteiger partial charge in [-0.1, -0.05) is 25.4 Å². The molecule has 0 amide bonds. The summed E-state index contributed by atoms with van der Waals surface area (Å²) in [6.45, 7) is 4.20. The molecule has 4 heteroatoms. The fraction of sp³-hybridized carbons (Fsp3) is 0.583. The molecule has 0 aliphatic heterocycles. The van der Waals surface area contributed by atoms with Gasteiger partial charge in [0.2, 0.25) is 0 Å². The molecule has 90 valence electrons. The van der Waals surface area contributed by atoms with E-state index in [1.54, 1.807) is 19.5 Å². The molecule has 1 aromatic heterocycles. The highest BCUT2D eigenvalue weighted by molar-refractivity contribution is 6.31. The van der Waals surface area contributed by atoms with E-state index in [9.17, 15) is 0 Å². The zero-order chi connectivity index (χ0) is 12.1. The molecule has 0 aliphatic rings. The van der Waals surface area contributed by atoms with Gasteiger partial charge in [-0.05, 0) is 24.0 Å². The topological polar surface area (TPSA) is 48.1 Å². The quantitative estimate of drug-likeness (QED) is 0.862. The Morgan fingerprint density at radius 2 is 2.19 bits per heavy atom. The second-order valence-electron chi connectivity index (χ2n) is 4.28. The van der Waals surface area contributed by atoms with Gasteiger partial charge >= 0.3 is 0 Å². The molecule has 0 aliphatic carbocycles. The van der Waals surface area contributed by atoms with Crippen molar-refractivity contribution in [2.45, 2.75) is 32.4 Å². The van der Waals surface area contributed by atoms with E-state index >= 15 is 0 Å². The van der Waals surface area contributed by atoms with Crippen LogP contribution in [-0.4, -0.2) is 24.2 Å². The Labute approximate surface area is 102 Å². The van der Waals surface area contributed by atoms with Gasteiger partial charge in [-0.25, -0.2) is 0 Å². The second kappa shape index (κ2) is 6.18. The maximum absolute atomic E-state index is 6.13. The Morgan fingerprint density at radius 1 is 1.50 bits per heavy atom. The lowest BCUT2D eigenvalue weighted by Gasteiger charge is -2.26. The van der Waals surface area contributed by atoms with Crippen molar-refractivity contribution in [2.75, 3.05) is 7.11 Å². The predicted molar refractivity (Wildman–Crippen MR) is 66.6 cm³/mol. The molecule has 3 nitrogen and oxygen atoms in total. The highest BCUT2D eigenvalue weighted by Crippen LogP contribution is 2.18. The van der Waals surface area contributed by atoms with Crippen molar-refractivity contribution in [2.24, 2.45) is 11.7 Å². The molecule has 1 aromatic rings. The van der Waals surface area contributed by atoms with E-state index in [0.29, 0.717) is 17.4 Å². The number of rotatable bonds is 5. The van der Waals surface area contributed by atoms with Crippen molar-refractivity contribution in [1.82, 2.24) is 4.98 Å². The van der Waals surface area contributed by atoms with Gasteiger partial charge in [0.25, 0.3) is 0 Å². The van der Waals surface area contributed by atoms with Crippen molar-refractivity contribution >= 4 is 11.6 Å². The smallest absolute Gasteiger partial charge is 0.0748 e. The number of halogens is 1. The zero-order valence-electron chi connectivity index (χ0n) is 9.98. The molecular weight excluding hydrogens is 224 g/mol. The summed E-state index contributed by atoms with van der Waals surface area (Å²) in [7, 11) is 1.69. The number of pyridine rings is 1. The third-order valence-electron chi connectivity index (χ3n) is 2.66. The summed E-state index contributed by atoms with van der Waals surface area (Å²) in [6.07, 6.45) is 4.12. The highest BCUT2D eigenvalue weighted by atomic mass is 35.5. The third-order valence-corrected chi connectivity index (χ3v) is 3.00. The van der Waals surface area contributed by atoms with Crippen molar-refractivity contribution in [1.29, 1.82) is 0 Å².